The lowest BCUT2D eigenvalue weighted by molar-refractivity contribution is -0.141. The fourth-order valence-corrected chi connectivity index (χ4v) is 7.03. The van der Waals surface area contributed by atoms with Gasteiger partial charge in [-0.1, -0.05) is 97.1 Å². The second kappa shape index (κ2) is 15.6. The van der Waals surface area contributed by atoms with E-state index in [2.05, 4.69) is 5.32 Å². The van der Waals surface area contributed by atoms with Crippen molar-refractivity contribution in [2.24, 2.45) is 0 Å². The molecule has 43 heavy (non-hydrogen) atoms. The zero-order valence-electron chi connectivity index (χ0n) is 24.4. The molecule has 1 saturated carbocycles. The van der Waals surface area contributed by atoms with Gasteiger partial charge in [0.2, 0.25) is 21.8 Å². The molecule has 0 heterocycles. The second-order valence-corrected chi connectivity index (χ2v) is 13.8. The monoisotopic (exact) mass is 643 g/mol. The van der Waals surface area contributed by atoms with Crippen molar-refractivity contribution in [2.45, 2.75) is 70.0 Å². The molecule has 0 saturated heterocycles. The highest BCUT2D eigenvalue weighted by Crippen LogP contribution is 2.28. The molecule has 1 atom stereocenters. The Hall–Kier alpha value is -3.07. The summed E-state index contributed by atoms with van der Waals surface area (Å²) in [6.45, 7) is 0.161. The first-order chi connectivity index (χ1) is 20.6. The van der Waals surface area contributed by atoms with Crippen LogP contribution in [0.25, 0.3) is 0 Å². The predicted octanol–water partition coefficient (Wildman–Crippen LogP) is 6.63. The number of halogens is 2. The number of carbonyl (C=O) groups excluding carboxylic acids is 2. The normalized spacial score (nSPS) is 14.6. The number of carbonyl (C=O) groups is 2. The van der Waals surface area contributed by atoms with E-state index in [1.807, 2.05) is 36.4 Å². The fraction of sp³-hybridized carbons (Fsp3) is 0.394. The van der Waals surface area contributed by atoms with Gasteiger partial charge >= 0.3 is 0 Å². The van der Waals surface area contributed by atoms with Gasteiger partial charge in [0.1, 0.15) is 6.04 Å². The first-order valence-corrected chi connectivity index (χ1v) is 17.3. The molecule has 0 spiro atoms. The molecule has 230 valence electrons. The third kappa shape index (κ3) is 9.46. The second-order valence-electron chi connectivity index (χ2n) is 11.0. The quantitative estimate of drug-likeness (QED) is 0.227. The Balaban J connectivity index is 1.62. The van der Waals surface area contributed by atoms with Crippen molar-refractivity contribution in [1.82, 2.24) is 10.2 Å². The van der Waals surface area contributed by atoms with Crippen LogP contribution in [-0.2, 0) is 32.6 Å². The zero-order valence-corrected chi connectivity index (χ0v) is 26.8. The Morgan fingerprint density at radius 1 is 0.884 bits per heavy atom. The van der Waals surface area contributed by atoms with Crippen LogP contribution in [0.15, 0.2) is 78.9 Å². The molecule has 1 unspecified atom stereocenters. The van der Waals surface area contributed by atoms with Gasteiger partial charge < -0.3 is 10.2 Å². The number of benzene rings is 3. The Bertz CT molecular complexity index is 1450. The summed E-state index contributed by atoms with van der Waals surface area (Å²) in [4.78, 5) is 29.6. The van der Waals surface area contributed by atoms with Crippen LogP contribution in [0.1, 0.15) is 56.1 Å². The lowest BCUT2D eigenvalue weighted by atomic mass is 9.94. The molecule has 7 nitrogen and oxygen atoms in total. The van der Waals surface area contributed by atoms with Gasteiger partial charge in [-0.05, 0) is 49.1 Å². The van der Waals surface area contributed by atoms with Crippen LogP contribution in [0, 0.1) is 0 Å². The van der Waals surface area contributed by atoms with Gasteiger partial charge in [-0.2, -0.15) is 0 Å². The Kier molecular flexibility index (Phi) is 11.9. The molecule has 0 aromatic heterocycles. The molecule has 3 aromatic rings. The van der Waals surface area contributed by atoms with E-state index in [1.165, 1.54) is 4.31 Å². The standard InChI is InChI=1S/C33H39Cl2N3O4S/c1-43(41,42)38(27-17-9-4-10-18-27)22-12-21-32(39)37(24-28-29(34)19-11-20-30(28)35)31(23-25-13-5-2-6-14-25)33(40)36-26-15-7-3-8-16-26/h2,4-6,9-11,13-14,17-20,26,31H,3,7-8,12,15-16,21-24H2,1H3,(H,36,40). The van der Waals surface area contributed by atoms with E-state index in [4.69, 9.17) is 23.2 Å². The fourth-order valence-electron chi connectivity index (χ4n) is 5.55. The number of rotatable bonds is 13. The maximum Gasteiger partial charge on any atom is 0.243 e. The van der Waals surface area contributed by atoms with Gasteiger partial charge in [0.15, 0.2) is 0 Å². The molecule has 0 bridgehead atoms. The predicted molar refractivity (Wildman–Crippen MR) is 174 cm³/mol. The van der Waals surface area contributed by atoms with Crippen molar-refractivity contribution in [2.75, 3.05) is 17.1 Å². The lowest BCUT2D eigenvalue weighted by Gasteiger charge is -2.34. The van der Waals surface area contributed by atoms with Crippen molar-refractivity contribution in [1.29, 1.82) is 0 Å². The number of nitrogens with zero attached hydrogens (tertiary/aromatic N) is 2. The highest BCUT2D eigenvalue weighted by Gasteiger charge is 2.32. The number of nitrogens with one attached hydrogen (secondary N) is 1. The minimum absolute atomic E-state index is 0.0307. The maximum absolute atomic E-state index is 14.1. The van der Waals surface area contributed by atoms with Crippen molar-refractivity contribution in [3.05, 3.63) is 100 Å². The van der Waals surface area contributed by atoms with Crippen LogP contribution in [0.2, 0.25) is 10.0 Å². The molecule has 1 aliphatic carbocycles. The SMILES string of the molecule is CS(=O)(=O)N(CCCC(=O)N(Cc1c(Cl)cccc1Cl)C(Cc1ccccc1)C(=O)NC1CCCCC1)c1ccccc1. The highest BCUT2D eigenvalue weighted by molar-refractivity contribution is 7.92. The average Bonchev–Trinajstić information content (AvgIpc) is 2.99. The largest absolute Gasteiger partial charge is 0.352 e. The van der Waals surface area contributed by atoms with Crippen molar-refractivity contribution in [3.63, 3.8) is 0 Å². The number of para-hydroxylation sites is 1. The van der Waals surface area contributed by atoms with Gasteiger partial charge in [0.25, 0.3) is 0 Å². The zero-order chi connectivity index (χ0) is 30.8. The first kappa shape index (κ1) is 32.8. The Labute approximate surface area is 265 Å². The van der Waals surface area contributed by atoms with Gasteiger partial charge in [0.05, 0.1) is 11.9 Å². The summed E-state index contributed by atoms with van der Waals surface area (Å²) < 4.78 is 26.5. The minimum atomic E-state index is -3.57. The molecule has 2 amide bonds. The van der Waals surface area contributed by atoms with Crippen LogP contribution in [0.3, 0.4) is 0 Å². The van der Waals surface area contributed by atoms with Gasteiger partial charge in [0, 0.05) is 47.6 Å². The lowest BCUT2D eigenvalue weighted by Crippen LogP contribution is -2.53. The molecule has 0 radical (unpaired) electrons. The average molecular weight is 645 g/mol. The van der Waals surface area contributed by atoms with Crippen LogP contribution >= 0.6 is 23.2 Å². The van der Waals surface area contributed by atoms with E-state index in [1.54, 1.807) is 47.4 Å². The third-order valence-corrected chi connectivity index (χ3v) is 9.71. The number of hydrogen-bond donors (Lipinski definition) is 1. The van der Waals surface area contributed by atoms with Crippen molar-refractivity contribution >= 4 is 50.7 Å². The molecular weight excluding hydrogens is 605 g/mol. The topological polar surface area (TPSA) is 86.8 Å². The number of anilines is 1. The minimum Gasteiger partial charge on any atom is -0.352 e. The van der Waals surface area contributed by atoms with Crippen molar-refractivity contribution in [3.8, 4) is 0 Å². The van der Waals surface area contributed by atoms with E-state index < -0.39 is 16.1 Å². The molecule has 3 aromatic carbocycles. The summed E-state index contributed by atoms with van der Waals surface area (Å²) in [5.74, 6) is -0.494. The van der Waals surface area contributed by atoms with Crippen LogP contribution < -0.4 is 9.62 Å². The Morgan fingerprint density at radius 2 is 1.49 bits per heavy atom. The van der Waals surface area contributed by atoms with Crippen LogP contribution in [0.4, 0.5) is 5.69 Å². The highest BCUT2D eigenvalue weighted by atomic mass is 35.5. The van der Waals surface area contributed by atoms with Gasteiger partial charge in [-0.3, -0.25) is 13.9 Å². The van der Waals surface area contributed by atoms with E-state index in [-0.39, 0.29) is 43.8 Å². The number of amides is 2. The smallest absolute Gasteiger partial charge is 0.243 e. The molecular formula is C33H39Cl2N3O4S. The molecule has 10 heteroatoms. The summed E-state index contributed by atoms with van der Waals surface area (Å²) in [6.07, 6.45) is 6.85. The van der Waals surface area contributed by atoms with Crippen LogP contribution in [-0.4, -0.2) is 50.0 Å². The summed E-state index contributed by atoms with van der Waals surface area (Å²) in [6, 6.07) is 22.8. The Morgan fingerprint density at radius 3 is 2.09 bits per heavy atom. The number of hydrogen-bond acceptors (Lipinski definition) is 4. The molecule has 4 rings (SSSR count). The number of sulfonamides is 1. The summed E-state index contributed by atoms with van der Waals surface area (Å²) in [5, 5.41) is 4.03. The first-order valence-electron chi connectivity index (χ1n) is 14.7. The molecule has 0 aliphatic heterocycles. The molecule has 1 fully saturated rings. The summed E-state index contributed by atoms with van der Waals surface area (Å²) in [5.41, 5.74) is 2.01. The van der Waals surface area contributed by atoms with Crippen molar-refractivity contribution < 1.29 is 18.0 Å². The summed E-state index contributed by atoms with van der Waals surface area (Å²) >= 11 is 13.1. The van der Waals surface area contributed by atoms with Crippen LogP contribution in [0.5, 0.6) is 0 Å². The van der Waals surface area contributed by atoms with E-state index in [0.717, 1.165) is 43.9 Å². The van der Waals surface area contributed by atoms with E-state index >= 15 is 0 Å². The van der Waals surface area contributed by atoms with E-state index in [9.17, 15) is 18.0 Å². The maximum atomic E-state index is 14.1. The van der Waals surface area contributed by atoms with Gasteiger partial charge in [-0.25, -0.2) is 8.42 Å². The summed E-state index contributed by atoms with van der Waals surface area (Å²) in [7, 11) is -3.57. The van der Waals surface area contributed by atoms with Gasteiger partial charge in [-0.15, -0.1) is 0 Å². The third-order valence-electron chi connectivity index (χ3n) is 7.81. The molecule has 1 aliphatic rings. The molecule has 1 N–H and O–H groups in total. The van der Waals surface area contributed by atoms with E-state index in [0.29, 0.717) is 27.7 Å².